The molecule has 6 nitrogen and oxygen atoms in total. The molecule has 0 saturated carbocycles. The lowest BCUT2D eigenvalue weighted by Crippen LogP contribution is -2.12. The van der Waals surface area contributed by atoms with Crippen LogP contribution in [0.5, 0.6) is 5.75 Å². The average Bonchev–Trinajstić information content (AvgIpc) is 3.40. The third-order valence-corrected chi connectivity index (χ3v) is 5.37. The summed E-state index contributed by atoms with van der Waals surface area (Å²) in [5.74, 6) is 1.04. The van der Waals surface area contributed by atoms with Crippen LogP contribution in [0, 0.1) is 0 Å². The molecule has 0 radical (unpaired) electrons. The van der Waals surface area contributed by atoms with Crippen molar-refractivity contribution >= 4 is 46.5 Å². The predicted octanol–water partition coefficient (Wildman–Crippen LogP) is 6.32. The molecule has 0 bridgehead atoms. The van der Waals surface area contributed by atoms with Crippen molar-refractivity contribution in [2.24, 2.45) is 0 Å². The molecule has 0 atom stereocenters. The summed E-state index contributed by atoms with van der Waals surface area (Å²) in [4.78, 5) is 12.5. The van der Waals surface area contributed by atoms with Crippen LogP contribution in [-0.2, 0) is 13.2 Å². The standard InChI is InChI=1S/C22H16Cl3N3O3/c23-15-6-4-14(5-7-15)12-28-11-10-20(27-28)26-22(29)19-9-8-16(31-19)13-30-18-3-1-2-17(24)21(18)25/h1-11H,12-13H2,(H,26,27,29). The number of hydrogen-bond donors (Lipinski definition) is 1. The number of hydrogen-bond acceptors (Lipinski definition) is 4. The number of nitrogens with zero attached hydrogens (tertiary/aromatic N) is 2. The number of aromatic nitrogens is 2. The van der Waals surface area contributed by atoms with E-state index in [1.807, 2.05) is 24.3 Å². The third kappa shape index (κ3) is 5.41. The highest BCUT2D eigenvalue weighted by Gasteiger charge is 2.14. The Morgan fingerprint density at radius 3 is 2.65 bits per heavy atom. The molecule has 1 amide bonds. The van der Waals surface area contributed by atoms with Crippen molar-refractivity contribution in [3.05, 3.63) is 99.0 Å². The molecule has 0 aliphatic rings. The first-order valence-electron chi connectivity index (χ1n) is 9.23. The van der Waals surface area contributed by atoms with E-state index in [0.717, 1.165) is 5.56 Å². The van der Waals surface area contributed by atoms with Gasteiger partial charge in [0.25, 0.3) is 5.91 Å². The lowest BCUT2D eigenvalue weighted by molar-refractivity contribution is 0.0992. The minimum Gasteiger partial charge on any atom is -0.484 e. The van der Waals surface area contributed by atoms with Crippen molar-refractivity contribution in [2.45, 2.75) is 13.2 Å². The van der Waals surface area contributed by atoms with E-state index >= 15 is 0 Å². The van der Waals surface area contributed by atoms with E-state index in [1.165, 1.54) is 0 Å². The van der Waals surface area contributed by atoms with Gasteiger partial charge < -0.3 is 14.5 Å². The first kappa shape index (κ1) is 21.3. The minimum atomic E-state index is -0.413. The largest absolute Gasteiger partial charge is 0.484 e. The Hall–Kier alpha value is -2.93. The number of amides is 1. The predicted molar refractivity (Wildman–Crippen MR) is 120 cm³/mol. The Balaban J connectivity index is 1.34. The monoisotopic (exact) mass is 475 g/mol. The van der Waals surface area contributed by atoms with Crippen LogP contribution < -0.4 is 10.1 Å². The molecular weight excluding hydrogens is 461 g/mol. The zero-order valence-corrected chi connectivity index (χ0v) is 18.3. The van der Waals surface area contributed by atoms with Crippen LogP contribution in [0.15, 0.2) is 71.3 Å². The summed E-state index contributed by atoms with van der Waals surface area (Å²) in [5, 5.41) is 8.46. The lowest BCUT2D eigenvalue weighted by Gasteiger charge is -2.07. The van der Waals surface area contributed by atoms with Gasteiger partial charge in [0.05, 0.1) is 11.6 Å². The maximum Gasteiger partial charge on any atom is 0.292 e. The van der Waals surface area contributed by atoms with Crippen LogP contribution in [0.4, 0.5) is 5.82 Å². The van der Waals surface area contributed by atoms with Crippen LogP contribution in [0.2, 0.25) is 15.1 Å². The molecule has 0 unspecified atom stereocenters. The van der Waals surface area contributed by atoms with E-state index < -0.39 is 5.91 Å². The van der Waals surface area contributed by atoms with Gasteiger partial charge in [0, 0.05) is 17.3 Å². The molecule has 2 aromatic heterocycles. The van der Waals surface area contributed by atoms with Gasteiger partial charge in [-0.3, -0.25) is 9.48 Å². The molecule has 1 N–H and O–H groups in total. The van der Waals surface area contributed by atoms with Gasteiger partial charge in [-0.2, -0.15) is 5.10 Å². The highest BCUT2D eigenvalue weighted by molar-refractivity contribution is 6.42. The molecule has 0 saturated heterocycles. The topological polar surface area (TPSA) is 69.3 Å². The smallest absolute Gasteiger partial charge is 0.292 e. The fourth-order valence-electron chi connectivity index (χ4n) is 2.79. The molecule has 4 aromatic rings. The number of ether oxygens (including phenoxy) is 1. The van der Waals surface area contributed by atoms with Gasteiger partial charge in [0.1, 0.15) is 23.1 Å². The summed E-state index contributed by atoms with van der Waals surface area (Å²) in [6, 6.07) is 17.5. The second-order valence-corrected chi connectivity index (χ2v) is 7.81. The quantitative estimate of drug-likeness (QED) is 0.339. The number of rotatable bonds is 7. The number of halogens is 3. The lowest BCUT2D eigenvalue weighted by atomic mass is 10.2. The molecule has 2 heterocycles. The normalized spacial score (nSPS) is 10.8. The van der Waals surface area contributed by atoms with Gasteiger partial charge in [0.15, 0.2) is 11.6 Å². The summed E-state index contributed by atoms with van der Waals surface area (Å²) >= 11 is 18.0. The maximum absolute atomic E-state index is 12.5. The zero-order chi connectivity index (χ0) is 21.8. The molecular formula is C22H16Cl3N3O3. The molecule has 0 spiro atoms. The van der Waals surface area contributed by atoms with E-state index in [4.69, 9.17) is 44.0 Å². The maximum atomic E-state index is 12.5. The Morgan fingerprint density at radius 2 is 1.84 bits per heavy atom. The Morgan fingerprint density at radius 1 is 1.03 bits per heavy atom. The summed E-state index contributed by atoms with van der Waals surface area (Å²) in [6.07, 6.45) is 1.78. The van der Waals surface area contributed by atoms with Gasteiger partial charge in [0.2, 0.25) is 0 Å². The first-order valence-corrected chi connectivity index (χ1v) is 10.4. The van der Waals surface area contributed by atoms with Crippen molar-refractivity contribution in [1.82, 2.24) is 9.78 Å². The van der Waals surface area contributed by atoms with E-state index in [9.17, 15) is 4.79 Å². The Labute approximate surface area is 193 Å². The van der Waals surface area contributed by atoms with Gasteiger partial charge in [-0.1, -0.05) is 53.0 Å². The summed E-state index contributed by atoms with van der Waals surface area (Å²) in [6.45, 7) is 0.657. The van der Waals surface area contributed by atoms with Crippen LogP contribution in [0.25, 0.3) is 0 Å². The van der Waals surface area contributed by atoms with Crippen LogP contribution >= 0.6 is 34.8 Å². The van der Waals surface area contributed by atoms with Gasteiger partial charge in [-0.05, 0) is 42.0 Å². The van der Waals surface area contributed by atoms with E-state index in [-0.39, 0.29) is 12.4 Å². The number of carbonyl (C=O) groups is 1. The van der Waals surface area contributed by atoms with Crippen LogP contribution in [-0.4, -0.2) is 15.7 Å². The molecule has 0 fully saturated rings. The van der Waals surface area contributed by atoms with E-state index in [1.54, 1.807) is 47.3 Å². The Bertz CT molecular complexity index is 1200. The second-order valence-electron chi connectivity index (χ2n) is 6.59. The number of carbonyl (C=O) groups excluding carboxylic acids is 1. The van der Waals surface area contributed by atoms with Gasteiger partial charge in [-0.15, -0.1) is 0 Å². The molecule has 0 aliphatic carbocycles. The molecule has 31 heavy (non-hydrogen) atoms. The highest BCUT2D eigenvalue weighted by Crippen LogP contribution is 2.32. The third-order valence-electron chi connectivity index (χ3n) is 4.31. The van der Waals surface area contributed by atoms with Gasteiger partial charge in [-0.25, -0.2) is 0 Å². The van der Waals surface area contributed by atoms with Gasteiger partial charge >= 0.3 is 0 Å². The SMILES string of the molecule is O=C(Nc1ccn(Cc2ccc(Cl)cc2)n1)c1ccc(COc2cccc(Cl)c2Cl)o1. The van der Waals surface area contributed by atoms with Crippen molar-refractivity contribution in [2.75, 3.05) is 5.32 Å². The number of anilines is 1. The fraction of sp³-hybridized carbons (Fsp3) is 0.0909. The molecule has 0 aliphatic heterocycles. The summed E-state index contributed by atoms with van der Waals surface area (Å²) in [5.41, 5.74) is 1.04. The van der Waals surface area contributed by atoms with E-state index in [2.05, 4.69) is 10.4 Å². The fourth-order valence-corrected chi connectivity index (χ4v) is 3.27. The van der Waals surface area contributed by atoms with Crippen molar-refractivity contribution in [3.8, 4) is 5.75 Å². The highest BCUT2D eigenvalue weighted by atomic mass is 35.5. The number of benzene rings is 2. The van der Waals surface area contributed by atoms with Crippen molar-refractivity contribution in [3.63, 3.8) is 0 Å². The van der Waals surface area contributed by atoms with E-state index in [0.29, 0.717) is 38.9 Å². The second kappa shape index (κ2) is 9.47. The summed E-state index contributed by atoms with van der Waals surface area (Å²) < 4.78 is 12.9. The van der Waals surface area contributed by atoms with Crippen LogP contribution in [0.3, 0.4) is 0 Å². The number of furan rings is 1. The molecule has 9 heteroatoms. The van der Waals surface area contributed by atoms with Crippen molar-refractivity contribution < 1.29 is 13.9 Å². The van der Waals surface area contributed by atoms with Crippen LogP contribution in [0.1, 0.15) is 21.9 Å². The first-order chi connectivity index (χ1) is 15.0. The molecule has 4 rings (SSSR count). The zero-order valence-electron chi connectivity index (χ0n) is 16.0. The molecule has 158 valence electrons. The number of nitrogens with one attached hydrogen (secondary N) is 1. The molecule has 2 aromatic carbocycles. The average molecular weight is 477 g/mol. The van der Waals surface area contributed by atoms with Crippen molar-refractivity contribution in [1.29, 1.82) is 0 Å². The summed E-state index contributed by atoms with van der Waals surface area (Å²) in [7, 11) is 0. The minimum absolute atomic E-state index is 0.100. The Kier molecular flexibility index (Phi) is 6.51.